The van der Waals surface area contributed by atoms with E-state index in [2.05, 4.69) is 24.6 Å². The van der Waals surface area contributed by atoms with E-state index in [1.807, 2.05) is 32.1 Å². The molecule has 0 fully saturated rings. The average Bonchev–Trinajstić information content (AvgIpc) is 2.14. The van der Waals surface area contributed by atoms with Gasteiger partial charge in [0.2, 0.25) is 0 Å². The molecule has 0 bridgehead atoms. The molecule has 0 radical (unpaired) electrons. The zero-order chi connectivity index (χ0) is 10.1. The monoisotopic (exact) mass is 175 g/mol. The smallest absolute Gasteiger partial charge is 0.0269 e. The zero-order valence-corrected chi connectivity index (χ0v) is 8.62. The van der Waals surface area contributed by atoms with Crippen molar-refractivity contribution >= 4 is 6.21 Å². The van der Waals surface area contributed by atoms with E-state index in [0.717, 1.165) is 5.57 Å². The molecule has 0 aliphatic rings. The molecule has 13 heavy (non-hydrogen) atoms. The van der Waals surface area contributed by atoms with Crippen molar-refractivity contribution < 1.29 is 0 Å². The van der Waals surface area contributed by atoms with E-state index < -0.39 is 0 Å². The van der Waals surface area contributed by atoms with Gasteiger partial charge in [-0.05, 0) is 32.4 Å². The van der Waals surface area contributed by atoms with Crippen LogP contribution in [0, 0.1) is 0 Å². The normalized spacial score (nSPS) is 13.6. The lowest BCUT2D eigenvalue weighted by Crippen LogP contribution is -1.69. The van der Waals surface area contributed by atoms with Crippen LogP contribution in [0.25, 0.3) is 0 Å². The first-order valence-electron chi connectivity index (χ1n) is 4.35. The molecule has 0 heterocycles. The summed E-state index contributed by atoms with van der Waals surface area (Å²) in [5.41, 5.74) is 2.18. The molecule has 0 aliphatic carbocycles. The van der Waals surface area contributed by atoms with E-state index in [-0.39, 0.29) is 0 Å². The molecule has 1 heteroatoms. The molecule has 70 valence electrons. The molecule has 0 amide bonds. The van der Waals surface area contributed by atoms with Gasteiger partial charge >= 0.3 is 0 Å². The Bertz CT molecular complexity index is 265. The van der Waals surface area contributed by atoms with E-state index in [9.17, 15) is 0 Å². The number of allylic oxidation sites excluding steroid dienone is 6. The maximum atomic E-state index is 3.94. The van der Waals surface area contributed by atoms with Crippen LogP contribution in [0.3, 0.4) is 0 Å². The lowest BCUT2D eigenvalue weighted by atomic mass is 10.2. The summed E-state index contributed by atoms with van der Waals surface area (Å²) in [6, 6.07) is 0. The minimum absolute atomic E-state index is 0.951. The second kappa shape index (κ2) is 7.29. The highest BCUT2D eigenvalue weighted by atomic mass is 14.6. The molecule has 0 aromatic carbocycles. The minimum atomic E-state index is 0.951. The largest absolute Gasteiger partial charge is 0.269 e. The predicted molar refractivity (Wildman–Crippen MR) is 61.0 cm³/mol. The molecule has 0 saturated carbocycles. The van der Waals surface area contributed by atoms with Crippen molar-refractivity contribution in [2.75, 3.05) is 0 Å². The van der Waals surface area contributed by atoms with E-state index in [1.165, 1.54) is 5.57 Å². The van der Waals surface area contributed by atoms with Crippen LogP contribution < -0.4 is 0 Å². The van der Waals surface area contributed by atoms with Crippen molar-refractivity contribution in [1.29, 1.82) is 0 Å². The van der Waals surface area contributed by atoms with Gasteiger partial charge in [-0.3, -0.25) is 4.99 Å². The van der Waals surface area contributed by atoms with Crippen molar-refractivity contribution in [2.24, 2.45) is 4.99 Å². The minimum Gasteiger partial charge on any atom is -0.269 e. The molecule has 0 aromatic rings. The van der Waals surface area contributed by atoms with Crippen LogP contribution in [-0.2, 0) is 0 Å². The van der Waals surface area contributed by atoms with Crippen molar-refractivity contribution in [2.45, 2.75) is 20.8 Å². The lowest BCUT2D eigenvalue weighted by molar-refractivity contribution is 1.47. The fourth-order valence-electron chi connectivity index (χ4n) is 0.615. The predicted octanol–water partition coefficient (Wildman–Crippen LogP) is 3.67. The van der Waals surface area contributed by atoms with Crippen molar-refractivity contribution in [3.63, 3.8) is 0 Å². The van der Waals surface area contributed by atoms with Gasteiger partial charge in [-0.25, -0.2) is 0 Å². The second-order valence-electron chi connectivity index (χ2n) is 2.66. The van der Waals surface area contributed by atoms with Gasteiger partial charge in [0.25, 0.3) is 0 Å². The van der Waals surface area contributed by atoms with E-state index in [0.29, 0.717) is 0 Å². The Balaban J connectivity index is 4.09. The van der Waals surface area contributed by atoms with Gasteiger partial charge in [0, 0.05) is 12.4 Å². The number of nitrogens with zero attached hydrogens (tertiary/aromatic N) is 1. The average molecular weight is 175 g/mol. The highest BCUT2D eigenvalue weighted by molar-refractivity contribution is 5.54. The summed E-state index contributed by atoms with van der Waals surface area (Å²) in [6.45, 7) is 9.81. The third-order valence-corrected chi connectivity index (χ3v) is 1.54. The highest BCUT2D eigenvalue weighted by Gasteiger charge is 1.80. The molecule has 0 aliphatic heterocycles. The Kier molecular flexibility index (Phi) is 6.52. The van der Waals surface area contributed by atoms with Gasteiger partial charge in [0.1, 0.15) is 0 Å². The second-order valence-corrected chi connectivity index (χ2v) is 2.66. The Hall–Kier alpha value is -1.37. The number of hydrogen-bond acceptors (Lipinski definition) is 1. The molecule has 0 atom stereocenters. The fourth-order valence-corrected chi connectivity index (χ4v) is 0.615. The van der Waals surface area contributed by atoms with Gasteiger partial charge in [-0.2, -0.15) is 0 Å². The van der Waals surface area contributed by atoms with E-state index >= 15 is 0 Å². The molecule has 0 saturated heterocycles. The van der Waals surface area contributed by atoms with Gasteiger partial charge in [-0.1, -0.05) is 30.4 Å². The molecule has 0 N–H and O–H groups in total. The van der Waals surface area contributed by atoms with Crippen LogP contribution in [0.1, 0.15) is 20.8 Å². The van der Waals surface area contributed by atoms with Crippen LogP contribution in [0.4, 0.5) is 0 Å². The summed E-state index contributed by atoms with van der Waals surface area (Å²) < 4.78 is 0. The standard InChI is InChI=1S/C12H17N/c1-5-11(3)7-8-12(4)9-10-13-6-2/h5-10H,4H2,1-3H3/b8-7-,10-9-,11-5-,13-6?. The summed E-state index contributed by atoms with van der Waals surface area (Å²) in [4.78, 5) is 3.94. The van der Waals surface area contributed by atoms with Crippen LogP contribution >= 0.6 is 0 Å². The molecule has 0 unspecified atom stereocenters. The lowest BCUT2D eigenvalue weighted by Gasteiger charge is -1.89. The first kappa shape index (κ1) is 11.6. The fraction of sp³-hybridized carbons (Fsp3) is 0.250. The number of hydrogen-bond donors (Lipinski definition) is 0. The summed E-state index contributed by atoms with van der Waals surface area (Å²) >= 11 is 0. The van der Waals surface area contributed by atoms with Crippen LogP contribution in [0.5, 0.6) is 0 Å². The molecule has 0 aromatic heterocycles. The quantitative estimate of drug-likeness (QED) is 0.456. The van der Waals surface area contributed by atoms with Crippen molar-refractivity contribution in [1.82, 2.24) is 0 Å². The molecule has 1 nitrogen and oxygen atoms in total. The maximum Gasteiger partial charge on any atom is 0.0269 e. The van der Waals surface area contributed by atoms with Gasteiger partial charge in [0.05, 0.1) is 0 Å². The number of aliphatic imine (C=N–C) groups is 1. The Labute approximate surface area is 80.9 Å². The van der Waals surface area contributed by atoms with E-state index in [4.69, 9.17) is 0 Å². The van der Waals surface area contributed by atoms with Gasteiger partial charge in [-0.15, -0.1) is 0 Å². The third kappa shape index (κ3) is 7.01. The van der Waals surface area contributed by atoms with Crippen molar-refractivity contribution in [3.8, 4) is 0 Å². The summed E-state index contributed by atoms with van der Waals surface area (Å²) in [5, 5.41) is 0. The molecule has 0 rings (SSSR count). The molecular weight excluding hydrogens is 158 g/mol. The van der Waals surface area contributed by atoms with E-state index in [1.54, 1.807) is 12.4 Å². The Morgan fingerprint density at radius 2 is 1.85 bits per heavy atom. The Morgan fingerprint density at radius 1 is 1.15 bits per heavy atom. The topological polar surface area (TPSA) is 12.4 Å². The van der Waals surface area contributed by atoms with Crippen LogP contribution in [0.2, 0.25) is 0 Å². The summed E-state index contributed by atoms with van der Waals surface area (Å²) in [5.74, 6) is 0. The first-order chi connectivity index (χ1) is 6.20. The van der Waals surface area contributed by atoms with Crippen LogP contribution in [0.15, 0.2) is 53.2 Å². The number of rotatable bonds is 4. The first-order valence-corrected chi connectivity index (χ1v) is 4.35. The zero-order valence-electron chi connectivity index (χ0n) is 8.62. The van der Waals surface area contributed by atoms with Crippen LogP contribution in [-0.4, -0.2) is 6.21 Å². The molecule has 0 spiro atoms. The van der Waals surface area contributed by atoms with Gasteiger partial charge < -0.3 is 0 Å². The van der Waals surface area contributed by atoms with Crippen molar-refractivity contribution in [3.05, 3.63) is 48.2 Å². The SMILES string of the molecule is C=C(/C=C\N=CC)/C=C\C(C)=C/C. The third-order valence-electron chi connectivity index (χ3n) is 1.54. The Morgan fingerprint density at radius 3 is 2.38 bits per heavy atom. The summed E-state index contributed by atoms with van der Waals surface area (Å²) in [6.07, 6.45) is 11.4. The maximum absolute atomic E-state index is 3.94. The van der Waals surface area contributed by atoms with Gasteiger partial charge in [0.15, 0.2) is 0 Å². The summed E-state index contributed by atoms with van der Waals surface area (Å²) in [7, 11) is 0. The molecular formula is C12H17N. The highest BCUT2D eigenvalue weighted by Crippen LogP contribution is 2.00.